The minimum absolute atomic E-state index is 0.114. The van der Waals surface area contributed by atoms with Gasteiger partial charge in [-0.05, 0) is 11.6 Å². The molecule has 100 valence electrons. The number of nitrogens with one attached hydrogen (secondary N) is 2. The van der Waals surface area contributed by atoms with E-state index in [4.69, 9.17) is 11.6 Å². The minimum Gasteiger partial charge on any atom is -0.366 e. The van der Waals surface area contributed by atoms with Gasteiger partial charge < -0.3 is 10.2 Å². The maximum absolute atomic E-state index is 11.9. The smallest absolute Gasteiger partial charge is 0.258 e. The third-order valence-electron chi connectivity index (χ3n) is 2.59. The first-order valence-corrected chi connectivity index (χ1v) is 6.04. The average molecular weight is 280 g/mol. The Morgan fingerprint density at radius 1 is 1.47 bits per heavy atom. The number of hydrogen-bond donors (Lipinski definition) is 2. The molecule has 0 radical (unpaired) electrons. The first kappa shape index (κ1) is 13.4. The molecule has 0 aliphatic rings. The predicted octanol–water partition coefficient (Wildman–Crippen LogP) is 1.77. The highest BCUT2D eigenvalue weighted by Crippen LogP contribution is 2.17. The Labute approximate surface area is 115 Å². The molecule has 0 saturated carbocycles. The van der Waals surface area contributed by atoms with Crippen LogP contribution >= 0.6 is 11.6 Å². The standard InChI is InChI=1S/C12H14ClN5O/c1-18(2)12(19)9-6-16-17-11(9)15-5-8-3-4-14-7-10(8)13/h3-4,6-7H,5H2,1-2H3,(H2,15,16,17). The highest BCUT2D eigenvalue weighted by molar-refractivity contribution is 6.31. The number of anilines is 1. The number of carbonyl (C=O) groups excluding carboxylic acids is 1. The summed E-state index contributed by atoms with van der Waals surface area (Å²) < 4.78 is 0. The number of nitrogens with zero attached hydrogens (tertiary/aromatic N) is 3. The zero-order valence-corrected chi connectivity index (χ0v) is 11.4. The zero-order chi connectivity index (χ0) is 13.8. The molecule has 0 unspecified atom stereocenters. The second kappa shape index (κ2) is 5.71. The molecule has 1 amide bonds. The van der Waals surface area contributed by atoms with Crippen molar-refractivity contribution in [1.82, 2.24) is 20.1 Å². The molecule has 0 spiro atoms. The summed E-state index contributed by atoms with van der Waals surface area (Å²) in [6.45, 7) is 0.483. The highest BCUT2D eigenvalue weighted by Gasteiger charge is 2.15. The van der Waals surface area contributed by atoms with Gasteiger partial charge in [0, 0.05) is 33.0 Å². The molecular formula is C12H14ClN5O. The van der Waals surface area contributed by atoms with Gasteiger partial charge in [0.15, 0.2) is 0 Å². The van der Waals surface area contributed by atoms with E-state index in [0.29, 0.717) is 22.9 Å². The van der Waals surface area contributed by atoms with Gasteiger partial charge in [0.2, 0.25) is 0 Å². The average Bonchev–Trinajstić information content (AvgIpc) is 2.85. The third kappa shape index (κ3) is 3.03. The van der Waals surface area contributed by atoms with Crippen molar-refractivity contribution < 1.29 is 4.79 Å². The summed E-state index contributed by atoms with van der Waals surface area (Å²) >= 11 is 6.01. The normalized spacial score (nSPS) is 10.3. The predicted molar refractivity (Wildman–Crippen MR) is 73.2 cm³/mol. The van der Waals surface area contributed by atoms with Gasteiger partial charge in [0.1, 0.15) is 11.4 Å². The van der Waals surface area contributed by atoms with Crippen molar-refractivity contribution in [2.75, 3.05) is 19.4 Å². The van der Waals surface area contributed by atoms with E-state index in [-0.39, 0.29) is 5.91 Å². The lowest BCUT2D eigenvalue weighted by Crippen LogP contribution is -2.22. The third-order valence-corrected chi connectivity index (χ3v) is 2.93. The van der Waals surface area contributed by atoms with Crippen LogP contribution < -0.4 is 5.32 Å². The van der Waals surface area contributed by atoms with Gasteiger partial charge in [-0.25, -0.2) is 0 Å². The largest absolute Gasteiger partial charge is 0.366 e. The zero-order valence-electron chi connectivity index (χ0n) is 10.6. The lowest BCUT2D eigenvalue weighted by Gasteiger charge is -2.11. The number of halogens is 1. The Morgan fingerprint density at radius 3 is 2.95 bits per heavy atom. The quantitative estimate of drug-likeness (QED) is 0.894. The fourth-order valence-electron chi connectivity index (χ4n) is 1.55. The lowest BCUT2D eigenvalue weighted by atomic mass is 10.2. The first-order valence-electron chi connectivity index (χ1n) is 5.67. The molecule has 0 bridgehead atoms. The molecule has 0 aliphatic carbocycles. The van der Waals surface area contributed by atoms with E-state index in [1.165, 1.54) is 11.1 Å². The van der Waals surface area contributed by atoms with E-state index in [0.717, 1.165) is 5.56 Å². The van der Waals surface area contributed by atoms with E-state index in [1.54, 1.807) is 26.5 Å². The molecule has 19 heavy (non-hydrogen) atoms. The molecule has 0 atom stereocenters. The van der Waals surface area contributed by atoms with E-state index in [1.807, 2.05) is 6.07 Å². The summed E-state index contributed by atoms with van der Waals surface area (Å²) in [5.41, 5.74) is 1.39. The minimum atomic E-state index is -0.114. The SMILES string of the molecule is CN(C)C(=O)c1cn[nH]c1NCc1ccncc1Cl. The van der Waals surface area contributed by atoms with Crippen LogP contribution in [0.4, 0.5) is 5.82 Å². The van der Waals surface area contributed by atoms with Crippen LogP contribution in [0.15, 0.2) is 24.7 Å². The van der Waals surface area contributed by atoms with Gasteiger partial charge in [-0.3, -0.25) is 14.9 Å². The van der Waals surface area contributed by atoms with Crippen molar-refractivity contribution in [2.24, 2.45) is 0 Å². The Morgan fingerprint density at radius 2 is 2.26 bits per heavy atom. The lowest BCUT2D eigenvalue weighted by molar-refractivity contribution is 0.0828. The fraction of sp³-hybridized carbons (Fsp3) is 0.250. The van der Waals surface area contributed by atoms with Crippen LogP contribution in [0, 0.1) is 0 Å². The number of pyridine rings is 1. The molecule has 0 aromatic carbocycles. The number of hydrogen-bond acceptors (Lipinski definition) is 4. The van der Waals surface area contributed by atoms with E-state index < -0.39 is 0 Å². The Bertz CT molecular complexity index is 581. The van der Waals surface area contributed by atoms with Crippen LogP contribution in [0.3, 0.4) is 0 Å². The van der Waals surface area contributed by atoms with Crippen molar-refractivity contribution in [3.8, 4) is 0 Å². The van der Waals surface area contributed by atoms with Gasteiger partial charge in [0.25, 0.3) is 5.91 Å². The van der Waals surface area contributed by atoms with Crippen molar-refractivity contribution >= 4 is 23.3 Å². The molecule has 0 fully saturated rings. The second-order valence-electron chi connectivity index (χ2n) is 4.18. The highest BCUT2D eigenvalue weighted by atomic mass is 35.5. The summed E-state index contributed by atoms with van der Waals surface area (Å²) in [4.78, 5) is 17.3. The Hall–Kier alpha value is -2.08. The topological polar surface area (TPSA) is 73.9 Å². The molecule has 2 aromatic rings. The van der Waals surface area contributed by atoms with Crippen molar-refractivity contribution in [3.63, 3.8) is 0 Å². The summed E-state index contributed by atoms with van der Waals surface area (Å²) in [6, 6.07) is 1.82. The number of aromatic amines is 1. The number of rotatable bonds is 4. The van der Waals surface area contributed by atoms with Crippen molar-refractivity contribution in [3.05, 3.63) is 40.8 Å². The van der Waals surface area contributed by atoms with Crippen LogP contribution in [0.2, 0.25) is 5.02 Å². The summed E-state index contributed by atoms with van der Waals surface area (Å²) in [5.74, 6) is 0.462. The Kier molecular flexibility index (Phi) is 4.01. The Balaban J connectivity index is 2.11. The van der Waals surface area contributed by atoms with Crippen LogP contribution in [0.5, 0.6) is 0 Å². The van der Waals surface area contributed by atoms with E-state index >= 15 is 0 Å². The maximum atomic E-state index is 11.9. The molecule has 2 heterocycles. The number of H-pyrrole nitrogens is 1. The molecule has 0 saturated heterocycles. The van der Waals surface area contributed by atoms with Crippen LogP contribution in [-0.2, 0) is 6.54 Å². The van der Waals surface area contributed by atoms with Gasteiger partial charge in [0.05, 0.1) is 11.2 Å². The van der Waals surface area contributed by atoms with Crippen LogP contribution in [0.1, 0.15) is 15.9 Å². The summed E-state index contributed by atoms with van der Waals surface area (Å²) in [5, 5.41) is 10.3. The van der Waals surface area contributed by atoms with Gasteiger partial charge in [-0.1, -0.05) is 11.6 Å². The first-order chi connectivity index (χ1) is 9.09. The molecule has 2 aromatic heterocycles. The number of amides is 1. The molecule has 6 nitrogen and oxygen atoms in total. The number of aromatic nitrogens is 3. The van der Waals surface area contributed by atoms with Crippen LogP contribution in [-0.4, -0.2) is 40.1 Å². The monoisotopic (exact) mass is 279 g/mol. The van der Waals surface area contributed by atoms with Gasteiger partial charge in [-0.2, -0.15) is 5.10 Å². The maximum Gasteiger partial charge on any atom is 0.258 e. The molecule has 7 heteroatoms. The van der Waals surface area contributed by atoms with Crippen LogP contribution in [0.25, 0.3) is 0 Å². The molecular weight excluding hydrogens is 266 g/mol. The van der Waals surface area contributed by atoms with E-state index in [9.17, 15) is 4.79 Å². The van der Waals surface area contributed by atoms with Crippen molar-refractivity contribution in [1.29, 1.82) is 0 Å². The summed E-state index contributed by atoms with van der Waals surface area (Å²) in [6.07, 6.45) is 4.75. The molecule has 2 N–H and O–H groups in total. The fourth-order valence-corrected chi connectivity index (χ4v) is 1.74. The number of carbonyl (C=O) groups is 1. The summed E-state index contributed by atoms with van der Waals surface area (Å²) in [7, 11) is 3.39. The second-order valence-corrected chi connectivity index (χ2v) is 4.59. The van der Waals surface area contributed by atoms with E-state index in [2.05, 4.69) is 20.5 Å². The van der Waals surface area contributed by atoms with Gasteiger partial charge >= 0.3 is 0 Å². The van der Waals surface area contributed by atoms with Gasteiger partial charge in [-0.15, -0.1) is 0 Å². The molecule has 0 aliphatic heterocycles. The molecule has 2 rings (SSSR count). The van der Waals surface area contributed by atoms with Crippen molar-refractivity contribution in [2.45, 2.75) is 6.54 Å².